The molecule has 5 rings (SSSR count). The lowest BCUT2D eigenvalue weighted by molar-refractivity contribution is -0.385. The number of furan rings is 1. The summed E-state index contributed by atoms with van der Waals surface area (Å²) in [4.78, 5) is 29.2. The van der Waals surface area contributed by atoms with Crippen molar-refractivity contribution in [3.8, 4) is 23.1 Å². The fraction of sp³-hybridized carbons (Fsp3) is 0.115. The second-order valence-electron chi connectivity index (χ2n) is 7.87. The van der Waals surface area contributed by atoms with Crippen LogP contribution in [0, 0.1) is 10.1 Å². The van der Waals surface area contributed by atoms with Crippen molar-refractivity contribution in [1.82, 2.24) is 9.66 Å². The molecule has 2 aromatic heterocycles. The Bertz CT molecular complexity index is 1760. The maximum absolute atomic E-state index is 13.4. The maximum atomic E-state index is 13.4. The lowest BCUT2D eigenvalue weighted by Gasteiger charge is -2.10. The first-order chi connectivity index (χ1) is 17.9. The van der Waals surface area contributed by atoms with Gasteiger partial charge in [-0.15, -0.1) is 0 Å². The summed E-state index contributed by atoms with van der Waals surface area (Å²) in [6.45, 7) is 1.93. The van der Waals surface area contributed by atoms with E-state index in [1.165, 1.54) is 25.5 Å². The molecule has 0 fully saturated rings. The molecular formula is C26H19ClN4O6. The predicted octanol–water partition coefficient (Wildman–Crippen LogP) is 5.66. The Kier molecular flexibility index (Phi) is 6.33. The molecule has 10 nitrogen and oxygen atoms in total. The Labute approximate surface area is 214 Å². The molecule has 0 atom stereocenters. The number of ether oxygens (including phenoxy) is 2. The molecule has 0 unspecified atom stereocenters. The highest BCUT2D eigenvalue weighted by Gasteiger charge is 2.22. The fourth-order valence-electron chi connectivity index (χ4n) is 3.90. The summed E-state index contributed by atoms with van der Waals surface area (Å²) in [5, 5.41) is 17.6. The summed E-state index contributed by atoms with van der Waals surface area (Å²) in [7, 11) is 1.38. The molecule has 0 aliphatic heterocycles. The maximum Gasteiger partial charge on any atom is 0.315 e. The third-order valence-electron chi connectivity index (χ3n) is 5.54. The van der Waals surface area contributed by atoms with Crippen molar-refractivity contribution in [2.75, 3.05) is 13.7 Å². The minimum Gasteiger partial charge on any atom is -0.493 e. The van der Waals surface area contributed by atoms with E-state index in [0.717, 1.165) is 10.1 Å². The molecule has 5 aromatic rings. The molecule has 0 radical (unpaired) electrons. The van der Waals surface area contributed by atoms with Crippen LogP contribution >= 0.6 is 11.6 Å². The standard InChI is InChI=1S/C26H19ClN4O6/c1-3-36-24-20(31(33)34)10-15(11-22(24)35-2)14-28-30-25(29-19-7-5-4-6-18(19)26(30)32)23-13-16-12-17(27)8-9-21(16)37-23/h4-14H,3H2,1-2H3. The number of nitro benzene ring substituents is 1. The second-order valence-corrected chi connectivity index (χ2v) is 8.30. The van der Waals surface area contributed by atoms with Crippen molar-refractivity contribution < 1.29 is 18.8 Å². The summed E-state index contributed by atoms with van der Waals surface area (Å²) >= 11 is 6.11. The van der Waals surface area contributed by atoms with Gasteiger partial charge in [0.1, 0.15) is 5.58 Å². The summed E-state index contributed by atoms with van der Waals surface area (Å²) in [6.07, 6.45) is 1.31. The van der Waals surface area contributed by atoms with E-state index in [2.05, 4.69) is 10.1 Å². The third kappa shape index (κ3) is 4.50. The number of fused-ring (bicyclic) bond motifs is 2. The van der Waals surface area contributed by atoms with Crippen LogP contribution < -0.4 is 15.0 Å². The third-order valence-corrected chi connectivity index (χ3v) is 5.77. The molecular weight excluding hydrogens is 500 g/mol. The molecule has 0 bridgehead atoms. The molecule has 2 heterocycles. The van der Waals surface area contributed by atoms with Crippen molar-refractivity contribution in [1.29, 1.82) is 0 Å². The zero-order chi connectivity index (χ0) is 26.1. The zero-order valence-corrected chi connectivity index (χ0v) is 20.4. The van der Waals surface area contributed by atoms with Crippen LogP contribution in [0.25, 0.3) is 33.5 Å². The molecule has 0 N–H and O–H groups in total. The van der Waals surface area contributed by atoms with Crippen molar-refractivity contribution in [2.24, 2.45) is 5.10 Å². The lowest BCUT2D eigenvalue weighted by atomic mass is 10.2. The Morgan fingerprint density at radius 1 is 1.19 bits per heavy atom. The molecule has 0 saturated heterocycles. The molecule has 0 aliphatic carbocycles. The van der Waals surface area contributed by atoms with Crippen LogP contribution in [0.4, 0.5) is 5.69 Å². The van der Waals surface area contributed by atoms with Gasteiger partial charge in [0.25, 0.3) is 5.56 Å². The largest absolute Gasteiger partial charge is 0.493 e. The summed E-state index contributed by atoms with van der Waals surface area (Å²) in [6, 6.07) is 16.6. The minimum atomic E-state index is -0.570. The number of benzene rings is 3. The quantitative estimate of drug-likeness (QED) is 0.155. The Hall–Kier alpha value is -4.70. The number of methoxy groups -OCH3 is 1. The number of nitrogens with zero attached hydrogens (tertiary/aromatic N) is 4. The number of halogens is 1. The molecule has 186 valence electrons. The number of nitro groups is 1. The average Bonchev–Trinajstić information content (AvgIpc) is 3.31. The first kappa shape index (κ1) is 24.0. The normalized spacial score (nSPS) is 11.4. The molecule has 0 saturated carbocycles. The topological polar surface area (TPSA) is 122 Å². The van der Waals surface area contributed by atoms with E-state index in [0.29, 0.717) is 32.8 Å². The van der Waals surface area contributed by atoms with E-state index in [9.17, 15) is 14.9 Å². The van der Waals surface area contributed by atoms with Crippen molar-refractivity contribution in [3.05, 3.63) is 91.7 Å². The minimum absolute atomic E-state index is 0.0123. The van der Waals surface area contributed by atoms with Gasteiger partial charge in [-0.25, -0.2) is 4.98 Å². The number of aromatic nitrogens is 2. The summed E-state index contributed by atoms with van der Waals surface area (Å²) < 4.78 is 17.8. The van der Waals surface area contributed by atoms with Gasteiger partial charge in [-0.05, 0) is 49.4 Å². The van der Waals surface area contributed by atoms with Crippen LogP contribution in [0.2, 0.25) is 5.02 Å². The van der Waals surface area contributed by atoms with Crippen LogP contribution in [0.15, 0.2) is 75.0 Å². The molecule has 0 spiro atoms. The van der Waals surface area contributed by atoms with Crippen molar-refractivity contribution >= 4 is 45.4 Å². The van der Waals surface area contributed by atoms with Gasteiger partial charge in [0.05, 0.1) is 35.8 Å². The van der Waals surface area contributed by atoms with E-state index >= 15 is 0 Å². The predicted molar refractivity (Wildman–Crippen MR) is 140 cm³/mol. The number of hydrogen-bond donors (Lipinski definition) is 0. The summed E-state index contributed by atoms with van der Waals surface area (Å²) in [5.74, 6) is 0.626. The molecule has 0 amide bonds. The van der Waals surface area contributed by atoms with Crippen LogP contribution in [-0.2, 0) is 0 Å². The van der Waals surface area contributed by atoms with Gasteiger partial charge in [0.2, 0.25) is 11.6 Å². The molecule has 11 heteroatoms. The fourth-order valence-corrected chi connectivity index (χ4v) is 4.08. The van der Waals surface area contributed by atoms with E-state index in [1.54, 1.807) is 55.5 Å². The first-order valence-corrected chi connectivity index (χ1v) is 11.5. The van der Waals surface area contributed by atoms with Gasteiger partial charge in [-0.2, -0.15) is 9.78 Å². The summed E-state index contributed by atoms with van der Waals surface area (Å²) in [5.41, 5.74) is 0.605. The van der Waals surface area contributed by atoms with E-state index in [-0.39, 0.29) is 29.6 Å². The van der Waals surface area contributed by atoms with Gasteiger partial charge >= 0.3 is 5.69 Å². The monoisotopic (exact) mass is 518 g/mol. The smallest absolute Gasteiger partial charge is 0.315 e. The highest BCUT2D eigenvalue weighted by Crippen LogP contribution is 2.38. The Morgan fingerprint density at radius 2 is 2.00 bits per heavy atom. The highest BCUT2D eigenvalue weighted by molar-refractivity contribution is 6.31. The van der Waals surface area contributed by atoms with Crippen molar-refractivity contribution in [3.63, 3.8) is 0 Å². The first-order valence-electron chi connectivity index (χ1n) is 11.1. The van der Waals surface area contributed by atoms with Gasteiger partial charge in [0, 0.05) is 22.0 Å². The number of rotatable bonds is 7. The Morgan fingerprint density at radius 3 is 2.76 bits per heavy atom. The Balaban J connectivity index is 1.70. The van der Waals surface area contributed by atoms with E-state index in [1.807, 2.05) is 0 Å². The lowest BCUT2D eigenvalue weighted by Crippen LogP contribution is -2.20. The number of hydrogen-bond acceptors (Lipinski definition) is 8. The number of para-hydroxylation sites is 1. The van der Waals surface area contributed by atoms with Crippen LogP contribution in [0.3, 0.4) is 0 Å². The highest BCUT2D eigenvalue weighted by atomic mass is 35.5. The van der Waals surface area contributed by atoms with Gasteiger partial charge in [-0.3, -0.25) is 14.9 Å². The van der Waals surface area contributed by atoms with Crippen LogP contribution in [0.5, 0.6) is 11.5 Å². The molecule has 3 aromatic carbocycles. The van der Waals surface area contributed by atoms with Gasteiger partial charge in [0.15, 0.2) is 11.5 Å². The SMILES string of the molecule is CCOc1c(OC)cc(C=Nn2c(-c3cc4cc(Cl)ccc4o3)nc3ccccc3c2=O)cc1[N+](=O)[O-]. The molecule has 37 heavy (non-hydrogen) atoms. The van der Waals surface area contributed by atoms with Gasteiger partial charge in [-0.1, -0.05) is 23.7 Å². The van der Waals surface area contributed by atoms with Gasteiger partial charge < -0.3 is 13.9 Å². The van der Waals surface area contributed by atoms with Crippen molar-refractivity contribution in [2.45, 2.75) is 6.92 Å². The van der Waals surface area contributed by atoms with Crippen LogP contribution in [-0.4, -0.2) is 34.5 Å². The van der Waals surface area contributed by atoms with E-state index in [4.69, 9.17) is 25.5 Å². The van der Waals surface area contributed by atoms with Crippen LogP contribution in [0.1, 0.15) is 12.5 Å². The van der Waals surface area contributed by atoms with E-state index < -0.39 is 10.5 Å². The second kappa shape index (κ2) is 9.75. The average molecular weight is 519 g/mol. The zero-order valence-electron chi connectivity index (χ0n) is 19.7. The molecule has 0 aliphatic rings.